The molecule has 0 radical (unpaired) electrons. The summed E-state index contributed by atoms with van der Waals surface area (Å²) in [6.45, 7) is 4.18. The van der Waals surface area contributed by atoms with Crippen LogP contribution in [0.1, 0.15) is 19.4 Å². The van der Waals surface area contributed by atoms with E-state index in [-0.39, 0.29) is 0 Å². The standard InChI is InChI=1S/C16H19NO/c1-11(2)8-9-12-10-15(18-3)13-6-4-5-7-14(13)16(12)17/h4-8,10H,9,17H2,1-3H3. The molecule has 2 rings (SSSR count). The van der Waals surface area contributed by atoms with Gasteiger partial charge in [0.15, 0.2) is 0 Å². The van der Waals surface area contributed by atoms with Crippen LogP contribution in [0.4, 0.5) is 5.69 Å². The van der Waals surface area contributed by atoms with Gasteiger partial charge in [0.25, 0.3) is 0 Å². The summed E-state index contributed by atoms with van der Waals surface area (Å²) in [7, 11) is 1.70. The lowest BCUT2D eigenvalue weighted by Gasteiger charge is -2.12. The van der Waals surface area contributed by atoms with E-state index in [1.807, 2.05) is 30.3 Å². The Kier molecular flexibility index (Phi) is 3.56. The molecule has 0 aromatic heterocycles. The zero-order chi connectivity index (χ0) is 13.1. The normalized spacial score (nSPS) is 10.4. The Balaban J connectivity index is 2.61. The molecule has 2 aromatic rings. The Bertz CT molecular complexity index is 595. The molecule has 0 fully saturated rings. The molecule has 0 amide bonds. The molecular formula is C16H19NO. The zero-order valence-electron chi connectivity index (χ0n) is 11.2. The van der Waals surface area contributed by atoms with Crippen molar-refractivity contribution in [3.8, 4) is 5.75 Å². The minimum Gasteiger partial charge on any atom is -0.496 e. The number of rotatable bonds is 3. The SMILES string of the molecule is COc1cc(CC=C(C)C)c(N)c2ccccc12. The highest BCUT2D eigenvalue weighted by atomic mass is 16.5. The fourth-order valence-corrected chi connectivity index (χ4v) is 2.07. The summed E-state index contributed by atoms with van der Waals surface area (Å²) in [6, 6.07) is 10.1. The van der Waals surface area contributed by atoms with E-state index >= 15 is 0 Å². The Hall–Kier alpha value is -1.96. The van der Waals surface area contributed by atoms with Crippen LogP contribution in [-0.2, 0) is 6.42 Å². The molecule has 2 N–H and O–H groups in total. The van der Waals surface area contributed by atoms with E-state index in [1.165, 1.54) is 5.57 Å². The number of methoxy groups -OCH3 is 1. The number of anilines is 1. The molecular weight excluding hydrogens is 222 g/mol. The van der Waals surface area contributed by atoms with Gasteiger partial charge in [0.05, 0.1) is 7.11 Å². The molecule has 0 aliphatic rings. The molecule has 0 aliphatic carbocycles. The molecule has 0 atom stereocenters. The Morgan fingerprint density at radius 2 is 1.89 bits per heavy atom. The lowest BCUT2D eigenvalue weighted by Crippen LogP contribution is -1.97. The summed E-state index contributed by atoms with van der Waals surface area (Å²) in [4.78, 5) is 0. The topological polar surface area (TPSA) is 35.2 Å². The van der Waals surface area contributed by atoms with E-state index in [9.17, 15) is 0 Å². The van der Waals surface area contributed by atoms with Gasteiger partial charge in [-0.05, 0) is 31.9 Å². The molecule has 0 unspecified atom stereocenters. The van der Waals surface area contributed by atoms with Gasteiger partial charge in [0, 0.05) is 16.5 Å². The van der Waals surface area contributed by atoms with E-state index in [2.05, 4.69) is 19.9 Å². The Labute approximate surface area is 108 Å². The summed E-state index contributed by atoms with van der Waals surface area (Å²) >= 11 is 0. The molecule has 0 spiro atoms. The predicted molar refractivity (Wildman–Crippen MR) is 78.0 cm³/mol. The fourth-order valence-electron chi connectivity index (χ4n) is 2.07. The number of nitrogen functional groups attached to an aromatic ring is 1. The van der Waals surface area contributed by atoms with Gasteiger partial charge in [-0.1, -0.05) is 35.9 Å². The number of ether oxygens (including phenoxy) is 1. The highest BCUT2D eigenvalue weighted by molar-refractivity contribution is 5.98. The molecule has 94 valence electrons. The van der Waals surface area contributed by atoms with Crippen LogP contribution in [0, 0.1) is 0 Å². The van der Waals surface area contributed by atoms with Crippen LogP contribution in [0.25, 0.3) is 10.8 Å². The third-order valence-corrected chi connectivity index (χ3v) is 3.08. The lowest BCUT2D eigenvalue weighted by atomic mass is 10.0. The second-order valence-electron chi connectivity index (χ2n) is 4.68. The van der Waals surface area contributed by atoms with Gasteiger partial charge in [-0.3, -0.25) is 0 Å². The summed E-state index contributed by atoms with van der Waals surface area (Å²) in [5, 5.41) is 2.13. The van der Waals surface area contributed by atoms with Gasteiger partial charge in [-0.15, -0.1) is 0 Å². The first-order valence-electron chi connectivity index (χ1n) is 6.11. The van der Waals surface area contributed by atoms with Crippen molar-refractivity contribution in [2.45, 2.75) is 20.3 Å². The quantitative estimate of drug-likeness (QED) is 0.652. The van der Waals surface area contributed by atoms with Gasteiger partial charge >= 0.3 is 0 Å². The first-order chi connectivity index (χ1) is 8.63. The van der Waals surface area contributed by atoms with Crippen LogP contribution in [0.2, 0.25) is 0 Å². The molecule has 0 heterocycles. The summed E-state index contributed by atoms with van der Waals surface area (Å²) in [5.41, 5.74) is 9.51. The smallest absolute Gasteiger partial charge is 0.127 e. The molecule has 0 aliphatic heterocycles. The van der Waals surface area contributed by atoms with Crippen LogP contribution < -0.4 is 10.5 Å². The molecule has 0 saturated carbocycles. The van der Waals surface area contributed by atoms with Crippen molar-refractivity contribution in [1.82, 2.24) is 0 Å². The highest BCUT2D eigenvalue weighted by Crippen LogP contribution is 2.33. The minimum atomic E-state index is 0.843. The predicted octanol–water partition coefficient (Wildman–Crippen LogP) is 3.94. The fraction of sp³-hybridized carbons (Fsp3) is 0.250. The number of allylic oxidation sites excluding steroid dienone is 2. The van der Waals surface area contributed by atoms with E-state index in [1.54, 1.807) is 7.11 Å². The highest BCUT2D eigenvalue weighted by Gasteiger charge is 2.08. The maximum absolute atomic E-state index is 6.24. The van der Waals surface area contributed by atoms with Crippen molar-refractivity contribution >= 4 is 16.5 Å². The van der Waals surface area contributed by atoms with Crippen LogP contribution in [-0.4, -0.2) is 7.11 Å². The Morgan fingerprint density at radius 3 is 2.50 bits per heavy atom. The van der Waals surface area contributed by atoms with Gasteiger partial charge < -0.3 is 10.5 Å². The van der Waals surface area contributed by atoms with E-state index in [0.29, 0.717) is 0 Å². The van der Waals surface area contributed by atoms with Gasteiger partial charge in [-0.2, -0.15) is 0 Å². The van der Waals surface area contributed by atoms with Crippen LogP contribution >= 0.6 is 0 Å². The number of benzene rings is 2. The minimum absolute atomic E-state index is 0.843. The number of hydrogen-bond donors (Lipinski definition) is 1. The van der Waals surface area contributed by atoms with Crippen LogP contribution in [0.3, 0.4) is 0 Å². The molecule has 0 bridgehead atoms. The largest absolute Gasteiger partial charge is 0.496 e. The molecule has 2 nitrogen and oxygen atoms in total. The average molecular weight is 241 g/mol. The number of hydrogen-bond acceptors (Lipinski definition) is 2. The molecule has 0 saturated heterocycles. The summed E-state index contributed by atoms with van der Waals surface area (Å²) < 4.78 is 5.45. The van der Waals surface area contributed by atoms with Crippen molar-refractivity contribution in [3.63, 3.8) is 0 Å². The second kappa shape index (κ2) is 5.13. The van der Waals surface area contributed by atoms with E-state index in [4.69, 9.17) is 10.5 Å². The molecule has 2 aromatic carbocycles. The van der Waals surface area contributed by atoms with E-state index < -0.39 is 0 Å². The first kappa shape index (κ1) is 12.5. The zero-order valence-corrected chi connectivity index (χ0v) is 11.2. The maximum Gasteiger partial charge on any atom is 0.127 e. The van der Waals surface area contributed by atoms with Crippen molar-refractivity contribution < 1.29 is 4.74 Å². The van der Waals surface area contributed by atoms with Crippen molar-refractivity contribution in [2.24, 2.45) is 0 Å². The van der Waals surface area contributed by atoms with Crippen molar-refractivity contribution in [3.05, 3.63) is 47.5 Å². The molecule has 2 heteroatoms. The average Bonchev–Trinajstić information content (AvgIpc) is 2.38. The number of nitrogens with two attached hydrogens (primary N) is 1. The second-order valence-corrected chi connectivity index (χ2v) is 4.68. The maximum atomic E-state index is 6.24. The van der Waals surface area contributed by atoms with E-state index in [0.717, 1.165) is 34.2 Å². The first-order valence-corrected chi connectivity index (χ1v) is 6.11. The summed E-state index contributed by atoms with van der Waals surface area (Å²) in [5.74, 6) is 0.886. The summed E-state index contributed by atoms with van der Waals surface area (Å²) in [6.07, 6.45) is 3.02. The van der Waals surface area contributed by atoms with Crippen LogP contribution in [0.15, 0.2) is 42.0 Å². The third-order valence-electron chi connectivity index (χ3n) is 3.08. The van der Waals surface area contributed by atoms with Gasteiger partial charge in [0.1, 0.15) is 5.75 Å². The Morgan fingerprint density at radius 1 is 1.22 bits per heavy atom. The number of fused-ring (bicyclic) bond motifs is 1. The van der Waals surface area contributed by atoms with Crippen molar-refractivity contribution in [1.29, 1.82) is 0 Å². The monoisotopic (exact) mass is 241 g/mol. The third kappa shape index (κ3) is 2.33. The lowest BCUT2D eigenvalue weighted by molar-refractivity contribution is 0.419. The van der Waals surface area contributed by atoms with Gasteiger partial charge in [0.2, 0.25) is 0 Å². The van der Waals surface area contributed by atoms with Gasteiger partial charge in [-0.25, -0.2) is 0 Å². The van der Waals surface area contributed by atoms with Crippen LogP contribution in [0.5, 0.6) is 5.75 Å². The van der Waals surface area contributed by atoms with Crippen molar-refractivity contribution in [2.75, 3.05) is 12.8 Å². The molecule has 18 heavy (non-hydrogen) atoms.